The van der Waals surface area contributed by atoms with E-state index >= 15 is 0 Å². The van der Waals surface area contributed by atoms with Gasteiger partial charge < -0.3 is 19.5 Å². The molecular weight excluding hydrogens is 432 g/mol. The van der Waals surface area contributed by atoms with Gasteiger partial charge in [0.2, 0.25) is 6.10 Å². The van der Waals surface area contributed by atoms with Gasteiger partial charge in [0, 0.05) is 30.1 Å². The highest BCUT2D eigenvalue weighted by atomic mass is 16.5. The maximum absolute atomic E-state index is 13.5. The predicted octanol–water partition coefficient (Wildman–Crippen LogP) is 4.67. The van der Waals surface area contributed by atoms with Crippen LogP contribution in [0.2, 0.25) is 0 Å². The van der Waals surface area contributed by atoms with Crippen LogP contribution in [0.25, 0.3) is 10.9 Å². The molecule has 1 fully saturated rings. The maximum atomic E-state index is 13.5. The Kier molecular flexibility index (Phi) is 5.95. The number of hydrogen-bond donors (Lipinski definition) is 1. The molecule has 3 heterocycles. The van der Waals surface area contributed by atoms with Crippen molar-refractivity contribution in [3.63, 3.8) is 0 Å². The number of hydrogen-bond acceptors (Lipinski definition) is 7. The highest BCUT2D eigenvalue weighted by Gasteiger charge is 2.29. The van der Waals surface area contributed by atoms with Crippen LogP contribution >= 0.6 is 0 Å². The first kappa shape index (κ1) is 21.6. The fraction of sp³-hybridized carbons (Fsp3) is 0.231. The standard InChI is InChI=1S/C26H24N4O4/c1-17-15-22(29-34-17)28-25(31)23(18-9-3-2-4-10-18)33-26(32)20-16-19-11-5-6-12-21(19)27-24(20)30-13-7-8-14-30/h2-6,9-12,15-16,23H,7-8,13-14H2,1H3,(H,28,29,31). The number of carbonyl (C=O) groups is 2. The Balaban J connectivity index is 1.49. The average Bonchev–Trinajstić information content (AvgIpc) is 3.54. The number of nitrogens with zero attached hydrogens (tertiary/aromatic N) is 3. The van der Waals surface area contributed by atoms with Crippen LogP contribution in [-0.2, 0) is 9.53 Å². The Morgan fingerprint density at radius 3 is 2.50 bits per heavy atom. The van der Waals surface area contributed by atoms with Gasteiger partial charge in [0.1, 0.15) is 17.1 Å². The molecule has 2 aromatic heterocycles. The highest BCUT2D eigenvalue weighted by molar-refractivity contribution is 6.02. The molecule has 1 N–H and O–H groups in total. The molecule has 0 aliphatic carbocycles. The fourth-order valence-corrected chi connectivity index (χ4v) is 4.11. The molecule has 1 amide bonds. The monoisotopic (exact) mass is 456 g/mol. The van der Waals surface area contributed by atoms with E-state index in [0.29, 0.717) is 22.7 Å². The van der Waals surface area contributed by atoms with Crippen LogP contribution in [0.4, 0.5) is 11.6 Å². The number of carbonyl (C=O) groups excluding carboxylic acids is 2. The van der Waals surface area contributed by atoms with E-state index in [1.165, 1.54) is 0 Å². The molecule has 1 atom stereocenters. The van der Waals surface area contributed by atoms with E-state index in [1.807, 2.05) is 30.3 Å². The third kappa shape index (κ3) is 4.47. The first-order chi connectivity index (χ1) is 16.6. The second kappa shape index (κ2) is 9.35. The SMILES string of the molecule is Cc1cc(NC(=O)C(OC(=O)c2cc3ccccc3nc2N2CCCC2)c2ccccc2)no1. The number of esters is 1. The second-order valence-corrected chi connectivity index (χ2v) is 8.25. The van der Waals surface area contributed by atoms with Gasteiger partial charge in [0.05, 0.1) is 5.52 Å². The number of para-hydroxylation sites is 1. The number of nitrogens with one attached hydrogen (secondary N) is 1. The Hall–Kier alpha value is -4.20. The zero-order chi connectivity index (χ0) is 23.5. The van der Waals surface area contributed by atoms with Crippen molar-refractivity contribution < 1.29 is 18.8 Å². The summed E-state index contributed by atoms with van der Waals surface area (Å²) in [6.45, 7) is 3.36. The Morgan fingerprint density at radius 1 is 1.03 bits per heavy atom. The summed E-state index contributed by atoms with van der Waals surface area (Å²) in [7, 11) is 0. The molecule has 34 heavy (non-hydrogen) atoms. The van der Waals surface area contributed by atoms with Gasteiger partial charge in [-0.15, -0.1) is 0 Å². The van der Waals surface area contributed by atoms with Crippen molar-refractivity contribution >= 4 is 34.4 Å². The normalized spacial score (nSPS) is 14.2. The molecule has 0 radical (unpaired) electrons. The minimum Gasteiger partial charge on any atom is -0.444 e. The van der Waals surface area contributed by atoms with Crippen LogP contribution in [0.1, 0.15) is 40.6 Å². The Bertz CT molecular complexity index is 1330. The van der Waals surface area contributed by atoms with Gasteiger partial charge in [0.25, 0.3) is 5.91 Å². The van der Waals surface area contributed by atoms with Gasteiger partial charge in [-0.1, -0.05) is 53.7 Å². The van der Waals surface area contributed by atoms with E-state index in [0.717, 1.165) is 36.8 Å². The van der Waals surface area contributed by atoms with Gasteiger partial charge in [-0.2, -0.15) is 0 Å². The number of anilines is 2. The minimum absolute atomic E-state index is 0.254. The zero-order valence-corrected chi connectivity index (χ0v) is 18.7. The number of fused-ring (bicyclic) bond motifs is 1. The number of ether oxygens (including phenoxy) is 1. The van der Waals surface area contributed by atoms with E-state index in [9.17, 15) is 9.59 Å². The molecule has 0 bridgehead atoms. The molecule has 0 spiro atoms. The van der Waals surface area contributed by atoms with E-state index in [2.05, 4.69) is 15.4 Å². The second-order valence-electron chi connectivity index (χ2n) is 8.25. The molecule has 172 valence electrons. The lowest BCUT2D eigenvalue weighted by Crippen LogP contribution is -2.28. The van der Waals surface area contributed by atoms with Crippen molar-refractivity contribution in [3.05, 3.63) is 83.6 Å². The fourth-order valence-electron chi connectivity index (χ4n) is 4.11. The number of rotatable bonds is 6. The summed E-state index contributed by atoms with van der Waals surface area (Å²) in [5.74, 6) is 0.260. The Morgan fingerprint density at radius 2 is 1.76 bits per heavy atom. The van der Waals surface area contributed by atoms with Gasteiger partial charge in [0.15, 0.2) is 5.82 Å². The van der Waals surface area contributed by atoms with Crippen LogP contribution < -0.4 is 10.2 Å². The third-order valence-electron chi connectivity index (χ3n) is 5.77. The summed E-state index contributed by atoms with van der Waals surface area (Å²) in [6.07, 6.45) is 0.897. The van der Waals surface area contributed by atoms with Crippen LogP contribution in [0.3, 0.4) is 0 Å². The molecule has 8 heteroatoms. The third-order valence-corrected chi connectivity index (χ3v) is 5.77. The molecule has 5 rings (SSSR count). The Labute approximate surface area is 196 Å². The lowest BCUT2D eigenvalue weighted by atomic mass is 10.1. The zero-order valence-electron chi connectivity index (χ0n) is 18.7. The molecule has 8 nitrogen and oxygen atoms in total. The average molecular weight is 457 g/mol. The van der Waals surface area contributed by atoms with E-state index in [4.69, 9.17) is 14.2 Å². The van der Waals surface area contributed by atoms with Crippen molar-refractivity contribution in [1.29, 1.82) is 0 Å². The van der Waals surface area contributed by atoms with Crippen molar-refractivity contribution in [2.75, 3.05) is 23.3 Å². The predicted molar refractivity (Wildman–Crippen MR) is 128 cm³/mol. The number of aryl methyl sites for hydroxylation is 1. The van der Waals surface area contributed by atoms with Crippen LogP contribution in [0, 0.1) is 6.92 Å². The van der Waals surface area contributed by atoms with Crippen molar-refractivity contribution in [2.24, 2.45) is 0 Å². The molecule has 1 saturated heterocycles. The van der Waals surface area contributed by atoms with Gasteiger partial charge in [-0.05, 0) is 31.9 Å². The molecule has 1 unspecified atom stereocenters. The first-order valence-corrected chi connectivity index (χ1v) is 11.2. The summed E-state index contributed by atoms with van der Waals surface area (Å²) >= 11 is 0. The van der Waals surface area contributed by atoms with Crippen molar-refractivity contribution in [1.82, 2.24) is 10.1 Å². The topological polar surface area (TPSA) is 97.6 Å². The molecule has 1 aliphatic rings. The van der Waals surface area contributed by atoms with E-state index < -0.39 is 18.0 Å². The molecule has 4 aromatic rings. The number of amides is 1. The number of pyridine rings is 1. The van der Waals surface area contributed by atoms with Crippen LogP contribution in [-0.4, -0.2) is 35.1 Å². The quantitative estimate of drug-likeness (QED) is 0.421. The van der Waals surface area contributed by atoms with E-state index in [1.54, 1.807) is 43.3 Å². The van der Waals surface area contributed by atoms with E-state index in [-0.39, 0.29) is 5.82 Å². The summed E-state index contributed by atoms with van der Waals surface area (Å²) in [5, 5.41) is 7.31. The van der Waals surface area contributed by atoms with Crippen LogP contribution in [0.15, 0.2) is 71.3 Å². The molecule has 0 saturated carbocycles. The molecule has 2 aromatic carbocycles. The summed E-state index contributed by atoms with van der Waals surface area (Å²) in [6, 6.07) is 19.9. The summed E-state index contributed by atoms with van der Waals surface area (Å²) in [4.78, 5) is 33.5. The van der Waals surface area contributed by atoms with Gasteiger partial charge >= 0.3 is 5.97 Å². The number of benzene rings is 2. The van der Waals surface area contributed by atoms with Gasteiger partial charge in [-0.25, -0.2) is 9.78 Å². The number of aromatic nitrogens is 2. The van der Waals surface area contributed by atoms with Crippen molar-refractivity contribution in [2.45, 2.75) is 25.9 Å². The highest BCUT2D eigenvalue weighted by Crippen LogP contribution is 2.29. The smallest absolute Gasteiger partial charge is 0.343 e. The lowest BCUT2D eigenvalue weighted by molar-refractivity contribution is -0.125. The maximum Gasteiger partial charge on any atom is 0.343 e. The molecular formula is C26H24N4O4. The first-order valence-electron chi connectivity index (χ1n) is 11.2. The lowest BCUT2D eigenvalue weighted by Gasteiger charge is -2.22. The van der Waals surface area contributed by atoms with Gasteiger partial charge in [-0.3, -0.25) is 4.79 Å². The minimum atomic E-state index is -1.18. The van der Waals surface area contributed by atoms with Crippen LogP contribution in [0.5, 0.6) is 0 Å². The summed E-state index contributed by atoms with van der Waals surface area (Å²) < 4.78 is 10.9. The molecule has 1 aliphatic heterocycles. The van der Waals surface area contributed by atoms with Crippen molar-refractivity contribution in [3.8, 4) is 0 Å². The largest absolute Gasteiger partial charge is 0.444 e. The summed E-state index contributed by atoms with van der Waals surface area (Å²) in [5.41, 5.74) is 1.69.